The molecule has 0 aliphatic heterocycles. The molecule has 1 heterocycles. The van der Waals surface area contributed by atoms with E-state index in [0.29, 0.717) is 12.2 Å². The molecule has 0 saturated heterocycles. The van der Waals surface area contributed by atoms with Crippen LogP contribution in [0.15, 0.2) is 18.3 Å². The number of rotatable bonds is 6. The minimum Gasteiger partial charge on any atom is -0.385 e. The number of carbonyl (C=O) groups excluding carboxylic acids is 2. The largest absolute Gasteiger partial charge is 0.385 e. The quantitative estimate of drug-likeness (QED) is 0.681. The van der Waals surface area contributed by atoms with E-state index in [1.165, 1.54) is 0 Å². The Kier molecular flexibility index (Phi) is 5.63. The summed E-state index contributed by atoms with van der Waals surface area (Å²) in [5.74, 6) is -0.386. The van der Waals surface area contributed by atoms with Gasteiger partial charge in [0.05, 0.1) is 0 Å². The molecule has 3 N–H and O–H groups in total. The summed E-state index contributed by atoms with van der Waals surface area (Å²) in [6.45, 7) is 3.05. The zero-order valence-corrected chi connectivity index (χ0v) is 10.6. The van der Waals surface area contributed by atoms with Gasteiger partial charge in [-0.3, -0.25) is 14.6 Å². The van der Waals surface area contributed by atoms with Crippen molar-refractivity contribution in [3.8, 4) is 0 Å². The second-order valence-corrected chi connectivity index (χ2v) is 3.64. The average molecular weight is 250 g/mol. The molecule has 6 nitrogen and oxygen atoms in total. The van der Waals surface area contributed by atoms with E-state index in [2.05, 4.69) is 20.9 Å². The van der Waals surface area contributed by atoms with Gasteiger partial charge in [-0.05, 0) is 19.1 Å². The molecule has 0 radical (unpaired) electrons. The summed E-state index contributed by atoms with van der Waals surface area (Å²) in [6, 6.07) is 3.48. The summed E-state index contributed by atoms with van der Waals surface area (Å²) in [5, 5.41) is 8.23. The fraction of sp³-hybridized carbons (Fsp3) is 0.417. The van der Waals surface area contributed by atoms with Crippen molar-refractivity contribution in [3.05, 3.63) is 24.0 Å². The first kappa shape index (κ1) is 14.0. The van der Waals surface area contributed by atoms with Crippen LogP contribution in [0, 0.1) is 0 Å². The smallest absolute Gasteiger partial charge is 0.269 e. The Morgan fingerprint density at radius 3 is 2.83 bits per heavy atom. The van der Waals surface area contributed by atoms with Crippen LogP contribution in [-0.4, -0.2) is 36.9 Å². The van der Waals surface area contributed by atoms with Gasteiger partial charge in [0.15, 0.2) is 0 Å². The zero-order chi connectivity index (χ0) is 13.4. The first-order valence-electron chi connectivity index (χ1n) is 5.86. The van der Waals surface area contributed by atoms with Gasteiger partial charge in [0.2, 0.25) is 5.91 Å². The van der Waals surface area contributed by atoms with Crippen molar-refractivity contribution in [1.29, 1.82) is 0 Å². The molecule has 0 aliphatic carbocycles. The van der Waals surface area contributed by atoms with E-state index in [9.17, 15) is 9.59 Å². The molecule has 1 aromatic rings. The number of nitrogens with zero attached hydrogens (tertiary/aromatic N) is 1. The zero-order valence-electron chi connectivity index (χ0n) is 10.6. The van der Waals surface area contributed by atoms with Crippen LogP contribution >= 0.6 is 0 Å². The van der Waals surface area contributed by atoms with Crippen molar-refractivity contribution in [2.45, 2.75) is 13.3 Å². The Bertz CT molecular complexity index is 420. The Labute approximate surface area is 106 Å². The summed E-state index contributed by atoms with van der Waals surface area (Å²) >= 11 is 0. The van der Waals surface area contributed by atoms with Gasteiger partial charge in [-0.25, -0.2) is 0 Å². The van der Waals surface area contributed by atoms with E-state index in [0.717, 1.165) is 12.2 Å². The van der Waals surface area contributed by atoms with E-state index in [-0.39, 0.29) is 18.2 Å². The minimum absolute atomic E-state index is 0.107. The Hall–Kier alpha value is -2.11. The lowest BCUT2D eigenvalue weighted by Crippen LogP contribution is -2.29. The van der Waals surface area contributed by atoms with Gasteiger partial charge < -0.3 is 16.0 Å². The molecule has 0 bridgehead atoms. The van der Waals surface area contributed by atoms with Crippen LogP contribution in [0.3, 0.4) is 0 Å². The van der Waals surface area contributed by atoms with E-state index >= 15 is 0 Å². The predicted molar refractivity (Wildman–Crippen MR) is 69.4 cm³/mol. The molecule has 98 valence electrons. The SMILES string of the molecule is CCNc1ccnc(C(=O)NCCC(=O)NC)c1. The topological polar surface area (TPSA) is 83.1 Å². The number of carbonyl (C=O) groups is 2. The first-order chi connectivity index (χ1) is 8.67. The highest BCUT2D eigenvalue weighted by atomic mass is 16.2. The molecule has 6 heteroatoms. The Morgan fingerprint density at radius 2 is 2.17 bits per heavy atom. The lowest BCUT2D eigenvalue weighted by Gasteiger charge is -2.06. The second-order valence-electron chi connectivity index (χ2n) is 3.64. The lowest BCUT2D eigenvalue weighted by atomic mass is 10.3. The van der Waals surface area contributed by atoms with Crippen LogP contribution in [0.2, 0.25) is 0 Å². The molecule has 0 aromatic carbocycles. The second kappa shape index (κ2) is 7.26. The molecular weight excluding hydrogens is 232 g/mol. The predicted octanol–water partition coefficient (Wildman–Crippen LogP) is 0.379. The molecule has 1 aromatic heterocycles. The number of hydrogen-bond acceptors (Lipinski definition) is 4. The van der Waals surface area contributed by atoms with Crippen molar-refractivity contribution in [2.24, 2.45) is 0 Å². The molecule has 0 atom stereocenters. The van der Waals surface area contributed by atoms with Crippen LogP contribution in [0.4, 0.5) is 5.69 Å². The highest BCUT2D eigenvalue weighted by molar-refractivity contribution is 5.93. The fourth-order valence-corrected chi connectivity index (χ4v) is 1.37. The van der Waals surface area contributed by atoms with Crippen LogP contribution in [0.5, 0.6) is 0 Å². The van der Waals surface area contributed by atoms with Gasteiger partial charge in [-0.1, -0.05) is 0 Å². The summed E-state index contributed by atoms with van der Waals surface area (Å²) < 4.78 is 0. The molecule has 0 aliphatic rings. The van der Waals surface area contributed by atoms with E-state index in [1.54, 1.807) is 25.4 Å². The fourth-order valence-electron chi connectivity index (χ4n) is 1.37. The third-order valence-electron chi connectivity index (χ3n) is 2.29. The van der Waals surface area contributed by atoms with Crippen molar-refractivity contribution in [3.63, 3.8) is 0 Å². The Morgan fingerprint density at radius 1 is 1.39 bits per heavy atom. The average Bonchev–Trinajstić information content (AvgIpc) is 2.39. The maximum Gasteiger partial charge on any atom is 0.269 e. The van der Waals surface area contributed by atoms with Gasteiger partial charge in [-0.15, -0.1) is 0 Å². The molecule has 18 heavy (non-hydrogen) atoms. The summed E-state index contributed by atoms with van der Waals surface area (Å²) in [7, 11) is 1.56. The molecule has 0 unspecified atom stereocenters. The lowest BCUT2D eigenvalue weighted by molar-refractivity contribution is -0.120. The van der Waals surface area contributed by atoms with E-state index < -0.39 is 0 Å². The van der Waals surface area contributed by atoms with Gasteiger partial charge in [-0.2, -0.15) is 0 Å². The van der Waals surface area contributed by atoms with Gasteiger partial charge in [0, 0.05) is 38.4 Å². The first-order valence-corrected chi connectivity index (χ1v) is 5.86. The van der Waals surface area contributed by atoms with Crippen molar-refractivity contribution < 1.29 is 9.59 Å². The van der Waals surface area contributed by atoms with E-state index in [4.69, 9.17) is 0 Å². The Balaban J connectivity index is 2.50. The van der Waals surface area contributed by atoms with Crippen LogP contribution in [0.25, 0.3) is 0 Å². The van der Waals surface area contributed by atoms with Gasteiger partial charge in [0.25, 0.3) is 5.91 Å². The molecule has 0 saturated carbocycles. The molecule has 2 amide bonds. The molecule has 0 fully saturated rings. The number of nitrogens with one attached hydrogen (secondary N) is 3. The van der Waals surface area contributed by atoms with Crippen molar-refractivity contribution in [1.82, 2.24) is 15.6 Å². The minimum atomic E-state index is -0.279. The molecule has 1 rings (SSSR count). The highest BCUT2D eigenvalue weighted by Gasteiger charge is 2.07. The van der Waals surface area contributed by atoms with Crippen LogP contribution in [-0.2, 0) is 4.79 Å². The third-order valence-corrected chi connectivity index (χ3v) is 2.29. The van der Waals surface area contributed by atoms with Crippen LogP contribution < -0.4 is 16.0 Å². The molecular formula is C12H18N4O2. The summed E-state index contributed by atoms with van der Waals surface area (Å²) in [5.41, 5.74) is 1.19. The number of aromatic nitrogens is 1. The van der Waals surface area contributed by atoms with Gasteiger partial charge >= 0.3 is 0 Å². The van der Waals surface area contributed by atoms with E-state index in [1.807, 2.05) is 6.92 Å². The maximum atomic E-state index is 11.7. The number of hydrogen-bond donors (Lipinski definition) is 3. The summed E-state index contributed by atoms with van der Waals surface area (Å²) in [4.78, 5) is 26.7. The summed E-state index contributed by atoms with van der Waals surface area (Å²) in [6.07, 6.45) is 1.83. The third kappa shape index (κ3) is 4.40. The van der Waals surface area contributed by atoms with Crippen LogP contribution in [0.1, 0.15) is 23.8 Å². The van der Waals surface area contributed by atoms with Gasteiger partial charge in [0.1, 0.15) is 5.69 Å². The number of pyridine rings is 1. The highest BCUT2D eigenvalue weighted by Crippen LogP contribution is 2.07. The van der Waals surface area contributed by atoms with Crippen molar-refractivity contribution >= 4 is 17.5 Å². The normalized spacial score (nSPS) is 9.67. The monoisotopic (exact) mass is 250 g/mol. The standard InChI is InChI=1S/C12H18N4O2/c1-3-14-9-4-6-15-10(8-9)12(18)16-7-5-11(17)13-2/h4,6,8H,3,5,7H2,1-2H3,(H,13,17)(H,14,15)(H,16,18). The molecule has 0 spiro atoms. The van der Waals surface area contributed by atoms with Crippen molar-refractivity contribution in [2.75, 3.05) is 25.5 Å². The maximum absolute atomic E-state index is 11.7. The number of amides is 2. The number of anilines is 1.